The Kier molecular flexibility index (Phi) is 7.84. The van der Waals surface area contributed by atoms with Crippen LogP contribution in [0.15, 0.2) is 66.2 Å². The molecule has 0 radical (unpaired) electrons. The lowest BCUT2D eigenvalue weighted by Gasteiger charge is -2.35. The third-order valence-corrected chi connectivity index (χ3v) is 6.58. The molecule has 0 saturated heterocycles. The SMILES string of the molecule is CCC1CC(C=O)N(Cc2ccc(NC(=O)c3cnc[nH]3)cc2)N=C1c1ccc(CS(=O)[O-])cc1. The number of imidazole rings is 1. The highest BCUT2D eigenvalue weighted by Crippen LogP contribution is 2.28. The molecule has 2 heterocycles. The standard InChI is InChI=1S/C25H27N5O4S/c1-2-19-11-22(14-31)30(29-24(19)20-7-3-18(4-8-20)15-35(33)34)13-17-5-9-21(10-6-17)28-25(32)23-12-26-16-27-23/h3-10,12,14,16,19,22H,2,11,13,15H2,1H3,(H,26,27)(H,28,32)(H,33,34)/p-1. The van der Waals surface area contributed by atoms with Crippen molar-refractivity contribution in [2.24, 2.45) is 11.0 Å². The van der Waals surface area contributed by atoms with E-state index in [1.165, 1.54) is 12.5 Å². The highest BCUT2D eigenvalue weighted by Gasteiger charge is 2.30. The number of nitrogens with one attached hydrogen (secondary N) is 2. The molecule has 35 heavy (non-hydrogen) atoms. The zero-order valence-electron chi connectivity index (χ0n) is 19.2. The number of nitrogens with zero attached hydrogens (tertiary/aromatic N) is 3. The first-order valence-electron chi connectivity index (χ1n) is 11.3. The Morgan fingerprint density at radius 2 is 1.91 bits per heavy atom. The maximum absolute atomic E-state index is 12.2. The molecule has 3 unspecified atom stereocenters. The minimum Gasteiger partial charge on any atom is -0.772 e. The topological polar surface area (TPSA) is 131 Å². The van der Waals surface area contributed by atoms with Crippen LogP contribution < -0.4 is 5.32 Å². The van der Waals surface area contributed by atoms with Gasteiger partial charge in [-0.25, -0.2) is 4.98 Å². The van der Waals surface area contributed by atoms with Crippen LogP contribution >= 0.6 is 0 Å². The molecule has 0 fully saturated rings. The second kappa shape index (κ2) is 11.2. The molecule has 1 aliphatic rings. The van der Waals surface area contributed by atoms with Crippen molar-refractivity contribution in [2.75, 3.05) is 5.32 Å². The van der Waals surface area contributed by atoms with Crippen LogP contribution in [0.4, 0.5) is 5.69 Å². The maximum atomic E-state index is 12.2. The predicted octanol–water partition coefficient (Wildman–Crippen LogP) is 3.24. The first kappa shape index (κ1) is 24.5. The van der Waals surface area contributed by atoms with Crippen molar-refractivity contribution in [1.82, 2.24) is 15.0 Å². The molecule has 0 saturated carbocycles. The van der Waals surface area contributed by atoms with Crippen molar-refractivity contribution in [3.05, 3.63) is 83.4 Å². The number of H-pyrrole nitrogens is 1. The van der Waals surface area contributed by atoms with E-state index in [-0.39, 0.29) is 23.6 Å². The first-order valence-corrected chi connectivity index (χ1v) is 12.6. The van der Waals surface area contributed by atoms with Crippen molar-refractivity contribution in [3.63, 3.8) is 0 Å². The van der Waals surface area contributed by atoms with Gasteiger partial charge in [-0.1, -0.05) is 54.4 Å². The largest absolute Gasteiger partial charge is 0.772 e. The summed E-state index contributed by atoms with van der Waals surface area (Å²) in [5, 5.41) is 9.47. The summed E-state index contributed by atoms with van der Waals surface area (Å²) in [6, 6.07) is 14.4. The van der Waals surface area contributed by atoms with Crippen LogP contribution in [-0.2, 0) is 28.2 Å². The van der Waals surface area contributed by atoms with Crippen LogP contribution in [-0.4, -0.2) is 47.7 Å². The van der Waals surface area contributed by atoms with Gasteiger partial charge in [0.1, 0.15) is 18.0 Å². The molecular formula is C25H26N5O4S-. The van der Waals surface area contributed by atoms with Gasteiger partial charge in [-0.3, -0.25) is 14.0 Å². The van der Waals surface area contributed by atoms with Crippen molar-refractivity contribution < 1.29 is 18.4 Å². The number of aromatic nitrogens is 2. The van der Waals surface area contributed by atoms with E-state index in [0.29, 0.717) is 29.9 Å². The number of hydrazone groups is 1. The molecule has 2 N–H and O–H groups in total. The molecule has 1 amide bonds. The Balaban J connectivity index is 1.51. The fourth-order valence-electron chi connectivity index (χ4n) is 4.12. The molecule has 3 atom stereocenters. The van der Waals surface area contributed by atoms with E-state index in [9.17, 15) is 18.4 Å². The van der Waals surface area contributed by atoms with Gasteiger partial charge in [-0.15, -0.1) is 0 Å². The van der Waals surface area contributed by atoms with E-state index < -0.39 is 11.1 Å². The molecule has 0 aliphatic carbocycles. The highest BCUT2D eigenvalue weighted by molar-refractivity contribution is 7.78. The minimum atomic E-state index is -2.14. The van der Waals surface area contributed by atoms with E-state index in [0.717, 1.165) is 29.5 Å². The first-order chi connectivity index (χ1) is 17.0. The Hall–Kier alpha value is -3.63. The minimum absolute atomic E-state index is 0.0261. The normalized spacial score (nSPS) is 18.6. The maximum Gasteiger partial charge on any atom is 0.273 e. The number of hydrogen-bond donors (Lipinski definition) is 2. The molecule has 0 bridgehead atoms. The zero-order valence-corrected chi connectivity index (χ0v) is 20.0. The number of anilines is 1. The van der Waals surface area contributed by atoms with E-state index in [2.05, 4.69) is 22.2 Å². The number of carbonyl (C=O) groups excluding carboxylic acids is 2. The summed E-state index contributed by atoms with van der Waals surface area (Å²) in [5.74, 6) is -0.178. The van der Waals surface area contributed by atoms with Crippen molar-refractivity contribution in [3.8, 4) is 0 Å². The van der Waals surface area contributed by atoms with Crippen molar-refractivity contribution >= 4 is 34.7 Å². The van der Waals surface area contributed by atoms with Gasteiger partial charge in [-0.05, 0) is 41.7 Å². The Morgan fingerprint density at radius 1 is 1.20 bits per heavy atom. The fourth-order valence-corrected chi connectivity index (χ4v) is 4.58. The molecule has 0 spiro atoms. The van der Waals surface area contributed by atoms with E-state index in [1.807, 2.05) is 36.4 Å². The molecule has 3 aromatic rings. The van der Waals surface area contributed by atoms with Crippen LogP contribution in [0.5, 0.6) is 0 Å². The number of carbonyl (C=O) groups is 2. The van der Waals surface area contributed by atoms with Gasteiger partial charge in [0.2, 0.25) is 0 Å². The molecule has 1 aliphatic heterocycles. The summed E-state index contributed by atoms with van der Waals surface area (Å²) in [5.41, 5.74) is 4.50. The fraction of sp³-hybridized carbons (Fsp3) is 0.280. The van der Waals surface area contributed by atoms with Gasteiger partial charge >= 0.3 is 0 Å². The second-order valence-corrected chi connectivity index (χ2v) is 9.28. The Morgan fingerprint density at radius 3 is 2.51 bits per heavy atom. The van der Waals surface area contributed by atoms with Crippen LogP contribution in [0.3, 0.4) is 0 Å². The summed E-state index contributed by atoms with van der Waals surface area (Å²) in [4.78, 5) is 30.7. The summed E-state index contributed by atoms with van der Waals surface area (Å²) in [7, 11) is 0. The Labute approximate surface area is 205 Å². The molecule has 1 aromatic heterocycles. The van der Waals surface area contributed by atoms with Gasteiger partial charge < -0.3 is 19.6 Å². The van der Waals surface area contributed by atoms with Crippen LogP contribution in [0.2, 0.25) is 0 Å². The molecular weight excluding hydrogens is 466 g/mol. The lowest BCUT2D eigenvalue weighted by Crippen LogP contribution is -2.41. The lowest BCUT2D eigenvalue weighted by atomic mass is 9.87. The van der Waals surface area contributed by atoms with Crippen LogP contribution in [0, 0.1) is 5.92 Å². The predicted molar refractivity (Wildman–Crippen MR) is 132 cm³/mol. The van der Waals surface area contributed by atoms with Crippen molar-refractivity contribution in [1.29, 1.82) is 0 Å². The molecule has 10 heteroatoms. The lowest BCUT2D eigenvalue weighted by molar-refractivity contribution is -0.113. The monoisotopic (exact) mass is 492 g/mol. The third kappa shape index (κ3) is 6.09. The molecule has 182 valence electrons. The van der Waals surface area contributed by atoms with Crippen molar-refractivity contribution in [2.45, 2.75) is 38.1 Å². The molecule has 4 rings (SSSR count). The number of aldehydes is 1. The quantitative estimate of drug-likeness (QED) is 0.348. The summed E-state index contributed by atoms with van der Waals surface area (Å²) < 4.78 is 22.0. The molecule has 2 aromatic carbocycles. The average Bonchev–Trinajstić information content (AvgIpc) is 3.40. The van der Waals surface area contributed by atoms with E-state index >= 15 is 0 Å². The van der Waals surface area contributed by atoms with Crippen LogP contribution in [0.25, 0.3) is 0 Å². The van der Waals surface area contributed by atoms with Gasteiger partial charge in [0.25, 0.3) is 5.91 Å². The smallest absolute Gasteiger partial charge is 0.273 e. The zero-order chi connectivity index (χ0) is 24.8. The summed E-state index contributed by atoms with van der Waals surface area (Å²) in [6.07, 6.45) is 5.34. The molecule has 9 nitrogen and oxygen atoms in total. The number of rotatable bonds is 9. The van der Waals surface area contributed by atoms with Gasteiger partial charge in [0.05, 0.1) is 24.8 Å². The number of amides is 1. The highest BCUT2D eigenvalue weighted by atomic mass is 32.2. The van der Waals surface area contributed by atoms with E-state index in [4.69, 9.17) is 5.10 Å². The number of hydrogen-bond acceptors (Lipinski definition) is 7. The van der Waals surface area contributed by atoms with E-state index in [1.54, 1.807) is 17.1 Å². The van der Waals surface area contributed by atoms with Gasteiger partial charge in [0, 0.05) is 17.4 Å². The van der Waals surface area contributed by atoms with Gasteiger partial charge in [-0.2, -0.15) is 5.10 Å². The number of aromatic amines is 1. The summed E-state index contributed by atoms with van der Waals surface area (Å²) >= 11 is -2.14. The van der Waals surface area contributed by atoms with Crippen LogP contribution in [0.1, 0.15) is 46.9 Å². The average molecular weight is 493 g/mol. The summed E-state index contributed by atoms with van der Waals surface area (Å²) in [6.45, 7) is 2.51. The second-order valence-electron chi connectivity index (χ2n) is 8.39. The third-order valence-electron chi connectivity index (χ3n) is 6.02. The number of benzene rings is 2. The van der Waals surface area contributed by atoms with Gasteiger partial charge in [0.15, 0.2) is 0 Å². The Bertz CT molecular complexity index is 1210.